The van der Waals surface area contributed by atoms with E-state index in [1.54, 1.807) is 13.3 Å². The van der Waals surface area contributed by atoms with Crippen molar-refractivity contribution in [2.45, 2.75) is 19.9 Å². The molecule has 1 rings (SSSR count). The number of nitrogens with one attached hydrogen (secondary N) is 1. The van der Waals surface area contributed by atoms with E-state index in [0.717, 1.165) is 5.56 Å². The van der Waals surface area contributed by atoms with Gasteiger partial charge in [0.05, 0.1) is 7.11 Å². The van der Waals surface area contributed by atoms with E-state index in [9.17, 15) is 4.79 Å². The number of rotatable bonds is 4. The molecule has 0 saturated heterocycles. The zero-order valence-corrected chi connectivity index (χ0v) is 8.41. The number of hydrogen-bond acceptors (Lipinski definition) is 3. The average Bonchev–Trinajstić information content (AvgIpc) is 2.26. The standard InChI is InChI=1S/C10H14N2O2/c1-3-9(13)12-7-8-5-4-6-11-10(8)14-2/h4-6H,3,7H2,1-2H3,(H,12,13). The summed E-state index contributed by atoms with van der Waals surface area (Å²) in [5, 5.41) is 2.76. The number of methoxy groups -OCH3 is 1. The van der Waals surface area contributed by atoms with Gasteiger partial charge in [0, 0.05) is 24.7 Å². The lowest BCUT2D eigenvalue weighted by Crippen LogP contribution is -2.21. The normalized spacial score (nSPS) is 9.57. The Morgan fingerprint density at radius 3 is 3.07 bits per heavy atom. The summed E-state index contributed by atoms with van der Waals surface area (Å²) in [7, 11) is 1.56. The quantitative estimate of drug-likeness (QED) is 0.781. The minimum absolute atomic E-state index is 0.0240. The van der Waals surface area contributed by atoms with Crippen LogP contribution < -0.4 is 10.1 Å². The van der Waals surface area contributed by atoms with Crippen molar-refractivity contribution in [3.8, 4) is 5.88 Å². The first kappa shape index (κ1) is 10.5. The number of ether oxygens (including phenoxy) is 1. The van der Waals surface area contributed by atoms with Gasteiger partial charge in [0.1, 0.15) is 0 Å². The zero-order chi connectivity index (χ0) is 10.4. The Labute approximate surface area is 83.3 Å². The summed E-state index contributed by atoms with van der Waals surface area (Å²) in [5.41, 5.74) is 0.886. The van der Waals surface area contributed by atoms with Gasteiger partial charge in [0.15, 0.2) is 0 Å². The summed E-state index contributed by atoms with van der Waals surface area (Å²) in [6.07, 6.45) is 2.15. The highest BCUT2D eigenvalue weighted by Gasteiger charge is 2.03. The van der Waals surface area contributed by atoms with Crippen LogP contribution in [0.4, 0.5) is 0 Å². The number of aromatic nitrogens is 1. The van der Waals surface area contributed by atoms with Crippen LogP contribution in [-0.2, 0) is 11.3 Å². The van der Waals surface area contributed by atoms with Crippen LogP contribution in [0.1, 0.15) is 18.9 Å². The predicted molar refractivity (Wildman–Crippen MR) is 52.9 cm³/mol. The van der Waals surface area contributed by atoms with Gasteiger partial charge in [-0.1, -0.05) is 13.0 Å². The monoisotopic (exact) mass is 194 g/mol. The molecule has 0 spiro atoms. The van der Waals surface area contributed by atoms with Gasteiger partial charge in [-0.15, -0.1) is 0 Å². The first-order valence-electron chi connectivity index (χ1n) is 4.52. The van der Waals surface area contributed by atoms with Crippen LogP contribution >= 0.6 is 0 Å². The van der Waals surface area contributed by atoms with Crippen molar-refractivity contribution in [3.05, 3.63) is 23.9 Å². The molecule has 1 amide bonds. The third-order valence-corrected chi connectivity index (χ3v) is 1.84. The Morgan fingerprint density at radius 2 is 2.43 bits per heavy atom. The summed E-state index contributed by atoms with van der Waals surface area (Å²) in [5.74, 6) is 0.583. The Morgan fingerprint density at radius 1 is 1.64 bits per heavy atom. The maximum Gasteiger partial charge on any atom is 0.219 e. The van der Waals surface area contributed by atoms with Crippen LogP contribution in [0, 0.1) is 0 Å². The van der Waals surface area contributed by atoms with E-state index >= 15 is 0 Å². The highest BCUT2D eigenvalue weighted by atomic mass is 16.5. The van der Waals surface area contributed by atoms with Crippen molar-refractivity contribution in [1.82, 2.24) is 10.3 Å². The van der Waals surface area contributed by atoms with Gasteiger partial charge in [0.25, 0.3) is 0 Å². The number of amides is 1. The minimum Gasteiger partial charge on any atom is -0.481 e. The van der Waals surface area contributed by atoms with Crippen LogP contribution in [0.2, 0.25) is 0 Å². The molecule has 76 valence electrons. The molecule has 1 heterocycles. The number of carbonyl (C=O) groups excluding carboxylic acids is 1. The SMILES string of the molecule is CCC(=O)NCc1cccnc1OC. The number of nitrogens with zero attached hydrogens (tertiary/aromatic N) is 1. The molecule has 4 nitrogen and oxygen atoms in total. The van der Waals surface area contributed by atoms with Crippen molar-refractivity contribution in [2.24, 2.45) is 0 Å². The molecule has 14 heavy (non-hydrogen) atoms. The highest BCUT2D eigenvalue weighted by molar-refractivity contribution is 5.75. The van der Waals surface area contributed by atoms with E-state index < -0.39 is 0 Å². The second-order valence-corrected chi connectivity index (χ2v) is 2.80. The molecule has 0 unspecified atom stereocenters. The Bertz CT molecular complexity index is 313. The number of hydrogen-bond donors (Lipinski definition) is 1. The summed E-state index contributed by atoms with van der Waals surface area (Å²) in [6.45, 7) is 2.28. The molecule has 4 heteroatoms. The van der Waals surface area contributed by atoms with E-state index in [-0.39, 0.29) is 5.91 Å². The lowest BCUT2D eigenvalue weighted by atomic mass is 10.2. The molecule has 0 aromatic carbocycles. The summed E-state index contributed by atoms with van der Waals surface area (Å²) in [4.78, 5) is 15.0. The van der Waals surface area contributed by atoms with E-state index in [2.05, 4.69) is 10.3 Å². The molecular formula is C10H14N2O2. The van der Waals surface area contributed by atoms with Crippen LogP contribution in [0.3, 0.4) is 0 Å². The van der Waals surface area contributed by atoms with Crippen LogP contribution in [0.25, 0.3) is 0 Å². The molecule has 0 aliphatic carbocycles. The molecule has 1 aromatic rings. The number of pyridine rings is 1. The van der Waals surface area contributed by atoms with Gasteiger partial charge < -0.3 is 10.1 Å². The molecule has 1 aromatic heterocycles. The molecule has 0 bridgehead atoms. The van der Waals surface area contributed by atoms with Gasteiger partial charge in [-0.25, -0.2) is 4.98 Å². The van der Waals surface area contributed by atoms with Crippen molar-refractivity contribution >= 4 is 5.91 Å². The molecule has 0 fully saturated rings. The van der Waals surface area contributed by atoms with Crippen LogP contribution in [0.5, 0.6) is 5.88 Å². The van der Waals surface area contributed by atoms with Gasteiger partial charge in [-0.05, 0) is 6.07 Å². The third-order valence-electron chi connectivity index (χ3n) is 1.84. The fourth-order valence-corrected chi connectivity index (χ4v) is 1.06. The lowest BCUT2D eigenvalue weighted by molar-refractivity contribution is -0.120. The maximum atomic E-state index is 11.0. The van der Waals surface area contributed by atoms with Gasteiger partial charge >= 0.3 is 0 Å². The van der Waals surface area contributed by atoms with Crippen LogP contribution in [0.15, 0.2) is 18.3 Å². The van der Waals surface area contributed by atoms with Crippen molar-refractivity contribution in [1.29, 1.82) is 0 Å². The first-order chi connectivity index (χ1) is 6.77. The van der Waals surface area contributed by atoms with Crippen molar-refractivity contribution < 1.29 is 9.53 Å². The van der Waals surface area contributed by atoms with E-state index in [1.165, 1.54) is 0 Å². The van der Waals surface area contributed by atoms with E-state index in [4.69, 9.17) is 4.74 Å². The van der Waals surface area contributed by atoms with Crippen LogP contribution in [-0.4, -0.2) is 18.0 Å². The van der Waals surface area contributed by atoms with Gasteiger partial charge in [-0.2, -0.15) is 0 Å². The Hall–Kier alpha value is -1.58. The molecule has 0 saturated carbocycles. The molecule has 0 atom stereocenters. The molecular weight excluding hydrogens is 180 g/mol. The zero-order valence-electron chi connectivity index (χ0n) is 8.41. The van der Waals surface area contributed by atoms with Gasteiger partial charge in [0.2, 0.25) is 11.8 Å². The lowest BCUT2D eigenvalue weighted by Gasteiger charge is -2.07. The average molecular weight is 194 g/mol. The minimum atomic E-state index is 0.0240. The first-order valence-corrected chi connectivity index (χ1v) is 4.52. The maximum absolute atomic E-state index is 11.0. The third kappa shape index (κ3) is 2.73. The Kier molecular flexibility index (Phi) is 3.91. The largest absolute Gasteiger partial charge is 0.481 e. The topological polar surface area (TPSA) is 51.2 Å². The van der Waals surface area contributed by atoms with E-state index in [1.807, 2.05) is 19.1 Å². The van der Waals surface area contributed by atoms with E-state index in [0.29, 0.717) is 18.8 Å². The molecule has 0 radical (unpaired) electrons. The van der Waals surface area contributed by atoms with Crippen molar-refractivity contribution in [2.75, 3.05) is 7.11 Å². The second-order valence-electron chi connectivity index (χ2n) is 2.80. The molecule has 1 N–H and O–H groups in total. The highest BCUT2D eigenvalue weighted by Crippen LogP contribution is 2.12. The van der Waals surface area contributed by atoms with Gasteiger partial charge in [-0.3, -0.25) is 4.79 Å². The van der Waals surface area contributed by atoms with Crippen molar-refractivity contribution in [3.63, 3.8) is 0 Å². The molecule has 0 aliphatic rings. The summed E-state index contributed by atoms with van der Waals surface area (Å²) >= 11 is 0. The predicted octanol–water partition coefficient (Wildman–Crippen LogP) is 1.12. The fraction of sp³-hybridized carbons (Fsp3) is 0.400. The summed E-state index contributed by atoms with van der Waals surface area (Å²) in [6, 6.07) is 3.69. The summed E-state index contributed by atoms with van der Waals surface area (Å²) < 4.78 is 5.05. The molecule has 0 aliphatic heterocycles. The smallest absolute Gasteiger partial charge is 0.219 e. The fourth-order valence-electron chi connectivity index (χ4n) is 1.06. The Balaban J connectivity index is 2.61. The second kappa shape index (κ2) is 5.21. The number of carbonyl (C=O) groups is 1.